The van der Waals surface area contributed by atoms with Crippen LogP contribution < -0.4 is 0 Å². The summed E-state index contributed by atoms with van der Waals surface area (Å²) in [4.78, 5) is 0. The molecule has 0 spiro atoms. The largest absolute Gasteiger partial charge is 0.358 e. The Morgan fingerprint density at radius 1 is 1.54 bits per heavy atom. The molecule has 7 heteroatoms. The molecule has 80 valence electrons. The lowest BCUT2D eigenvalue weighted by Gasteiger charge is -2.08. The fourth-order valence-electron chi connectivity index (χ4n) is 0.573. The minimum Gasteiger partial charge on any atom is -0.358 e. The van der Waals surface area contributed by atoms with Crippen molar-refractivity contribution >= 4 is 35.4 Å². The molecule has 1 atom stereocenters. The molecule has 0 bridgehead atoms. The van der Waals surface area contributed by atoms with Gasteiger partial charge in [-0.3, -0.25) is 4.18 Å². The molecule has 0 aromatic carbocycles. The van der Waals surface area contributed by atoms with Gasteiger partial charge in [-0.15, -0.1) is 24.4 Å². The summed E-state index contributed by atoms with van der Waals surface area (Å²) in [6.07, 6.45) is 0.679. The number of ether oxygens (including phenoxy) is 1. The number of thioether (sulfide) groups is 1. The van der Waals surface area contributed by atoms with Crippen molar-refractivity contribution in [3.8, 4) is 0 Å². The van der Waals surface area contributed by atoms with Gasteiger partial charge in [0.1, 0.15) is 4.77 Å². The van der Waals surface area contributed by atoms with Gasteiger partial charge in [0.2, 0.25) is 0 Å². The molecule has 13 heavy (non-hydrogen) atoms. The van der Waals surface area contributed by atoms with Gasteiger partial charge in [-0.1, -0.05) is 0 Å². The molecule has 0 aliphatic rings. The van der Waals surface area contributed by atoms with Gasteiger partial charge in [0.15, 0.2) is 0 Å². The third-order valence-corrected chi connectivity index (χ3v) is 2.99. The third kappa shape index (κ3) is 10.5. The monoisotopic (exact) mass is 246 g/mol. The van der Waals surface area contributed by atoms with E-state index in [0.717, 1.165) is 5.75 Å². The topological polar surface area (TPSA) is 52.6 Å². The highest BCUT2D eigenvalue weighted by molar-refractivity contribution is 8.10. The fraction of sp³-hybridized carbons (Fsp3) is 1.00. The van der Waals surface area contributed by atoms with E-state index in [1.807, 2.05) is 6.92 Å². The van der Waals surface area contributed by atoms with Crippen molar-refractivity contribution in [2.75, 3.05) is 19.0 Å². The molecule has 0 aliphatic heterocycles. The van der Waals surface area contributed by atoms with Crippen LogP contribution >= 0.6 is 24.4 Å². The molecular weight excluding hydrogens is 232 g/mol. The number of thiol groups is 2. The molecule has 0 aromatic heterocycles. The Kier molecular flexibility index (Phi) is 9.54. The normalized spacial score (nSPS) is 13.5. The zero-order valence-corrected chi connectivity index (χ0v) is 9.95. The summed E-state index contributed by atoms with van der Waals surface area (Å²) in [5.41, 5.74) is 0. The second kappa shape index (κ2) is 9.14. The van der Waals surface area contributed by atoms with Gasteiger partial charge < -0.3 is 4.74 Å². The van der Waals surface area contributed by atoms with E-state index in [1.54, 1.807) is 0 Å². The van der Waals surface area contributed by atoms with Gasteiger partial charge in [-0.2, -0.15) is 0 Å². The molecule has 0 saturated carbocycles. The molecule has 0 N–H and O–H groups in total. The van der Waals surface area contributed by atoms with E-state index in [4.69, 9.17) is 4.74 Å². The maximum atomic E-state index is 9.97. The average molecular weight is 246 g/mol. The summed E-state index contributed by atoms with van der Waals surface area (Å²) < 4.78 is 29.3. The van der Waals surface area contributed by atoms with Crippen molar-refractivity contribution in [2.45, 2.75) is 18.1 Å². The maximum absolute atomic E-state index is 9.97. The molecule has 1 unspecified atom stereocenters. The fourth-order valence-corrected chi connectivity index (χ4v) is 2.03. The molecular formula is C6H14O4S3. The summed E-state index contributed by atoms with van der Waals surface area (Å²) in [5, 5.41) is 0. The number of rotatable bonds is 8. The summed E-state index contributed by atoms with van der Waals surface area (Å²) in [7, 11) is -2.70. The van der Waals surface area contributed by atoms with Crippen LogP contribution in [0.15, 0.2) is 0 Å². The van der Waals surface area contributed by atoms with Crippen LogP contribution in [0.2, 0.25) is 0 Å². The van der Waals surface area contributed by atoms with Crippen molar-refractivity contribution in [3.63, 3.8) is 0 Å². The van der Waals surface area contributed by atoms with E-state index < -0.39 is 11.0 Å². The van der Waals surface area contributed by atoms with Gasteiger partial charge in [0.05, 0.1) is 6.61 Å². The van der Waals surface area contributed by atoms with Crippen molar-refractivity contribution in [1.82, 2.24) is 0 Å². The predicted molar refractivity (Wildman–Crippen MR) is 57.7 cm³/mol. The summed E-state index contributed by atoms with van der Waals surface area (Å²) >= 11 is 5.65. The maximum Gasteiger partial charge on any atom is 0.257 e. The molecule has 0 radical (unpaired) electrons. The van der Waals surface area contributed by atoms with Crippen LogP contribution in [0.25, 0.3) is 0 Å². The van der Waals surface area contributed by atoms with Crippen LogP contribution in [0.1, 0.15) is 13.3 Å². The van der Waals surface area contributed by atoms with Gasteiger partial charge in [0, 0.05) is 6.61 Å². The smallest absolute Gasteiger partial charge is 0.257 e. The van der Waals surface area contributed by atoms with Crippen molar-refractivity contribution in [2.24, 2.45) is 0 Å². The Labute approximate surface area is 89.9 Å². The summed E-state index contributed by atoms with van der Waals surface area (Å²) in [5.74, 6) is 0.775. The van der Waals surface area contributed by atoms with Crippen LogP contribution in [-0.2, 0) is 19.9 Å². The number of hydrogen-bond donors (Lipinski definition) is 2. The van der Waals surface area contributed by atoms with E-state index >= 15 is 0 Å². The van der Waals surface area contributed by atoms with E-state index in [9.17, 15) is 8.42 Å². The van der Waals surface area contributed by atoms with Crippen molar-refractivity contribution in [1.29, 1.82) is 0 Å². The first-order valence-corrected chi connectivity index (χ1v) is 6.51. The molecule has 0 rings (SSSR count). The molecule has 4 nitrogen and oxygen atoms in total. The zero-order chi connectivity index (χ0) is 10.1. The van der Waals surface area contributed by atoms with E-state index in [-0.39, 0.29) is 11.4 Å². The van der Waals surface area contributed by atoms with Gasteiger partial charge in [-0.25, -0.2) is 8.42 Å². The Morgan fingerprint density at radius 2 is 2.23 bits per heavy atom. The van der Waals surface area contributed by atoms with Crippen molar-refractivity contribution < 1.29 is 17.3 Å². The third-order valence-electron chi connectivity index (χ3n) is 1.06. The van der Waals surface area contributed by atoms with Crippen LogP contribution in [0.3, 0.4) is 0 Å². The van der Waals surface area contributed by atoms with E-state index in [1.165, 1.54) is 11.8 Å². The Hall–Kier alpha value is 0.570. The molecule has 0 aliphatic carbocycles. The molecule has 0 amide bonds. The van der Waals surface area contributed by atoms with E-state index in [2.05, 4.69) is 16.8 Å². The Morgan fingerprint density at radius 3 is 2.77 bits per heavy atom. The second-order valence-electron chi connectivity index (χ2n) is 2.04. The van der Waals surface area contributed by atoms with Gasteiger partial charge >= 0.3 is 0 Å². The zero-order valence-electron chi connectivity index (χ0n) is 7.34. The highest BCUT2D eigenvalue weighted by Crippen LogP contribution is 2.16. The summed E-state index contributed by atoms with van der Waals surface area (Å²) in [6.45, 7) is 2.76. The lowest BCUT2D eigenvalue weighted by molar-refractivity contribution is 0.179. The first-order valence-electron chi connectivity index (χ1n) is 3.85. The quantitative estimate of drug-likeness (QED) is 0.379. The van der Waals surface area contributed by atoms with Crippen molar-refractivity contribution in [3.05, 3.63) is 0 Å². The second-order valence-corrected chi connectivity index (χ2v) is 4.74. The minimum absolute atomic E-state index is 0.133. The van der Waals surface area contributed by atoms with E-state index in [0.29, 0.717) is 13.0 Å². The van der Waals surface area contributed by atoms with Gasteiger partial charge in [-0.05, 0) is 19.1 Å². The van der Waals surface area contributed by atoms with Crippen LogP contribution in [0, 0.1) is 0 Å². The lowest BCUT2D eigenvalue weighted by Crippen LogP contribution is -2.02. The Balaban J connectivity index is 3.15. The first kappa shape index (κ1) is 13.6. The first-order chi connectivity index (χ1) is 6.16. The highest BCUT2D eigenvalue weighted by Gasteiger charge is 2.00. The average Bonchev–Trinajstić information content (AvgIpc) is 2.03. The van der Waals surface area contributed by atoms with Crippen LogP contribution in [0.5, 0.6) is 0 Å². The molecule has 0 heterocycles. The predicted octanol–water partition coefficient (Wildman–Crippen LogP) is 0.903. The summed E-state index contributed by atoms with van der Waals surface area (Å²) in [6, 6.07) is 0. The number of hydrogen-bond acceptors (Lipinski definition) is 6. The lowest BCUT2D eigenvalue weighted by atomic mass is 10.5. The molecule has 0 aromatic rings. The standard InChI is InChI=1S/C6H14O4S3/c1-2-9-6(11)12-5-3-4-10-13(7)8/h6,11,13H,2-5H2,1H3. The van der Waals surface area contributed by atoms with Crippen LogP contribution in [0.4, 0.5) is 0 Å². The highest BCUT2D eigenvalue weighted by atomic mass is 32.2. The Bertz CT molecular complexity index is 175. The molecule has 0 fully saturated rings. The van der Waals surface area contributed by atoms with Gasteiger partial charge in [0.25, 0.3) is 11.0 Å². The SMILES string of the molecule is CCOC(S)SCCCO[SH](=O)=O. The van der Waals surface area contributed by atoms with Crippen LogP contribution in [-0.4, -0.2) is 32.2 Å². The molecule has 0 saturated heterocycles. The minimum atomic E-state index is -2.70.